The average molecular weight is 1090 g/mol. The molecule has 72 heavy (non-hydrogen) atoms. The molecule has 25 nitrogen and oxygen atoms in total. The largest absolute Gasteiger partial charge is 0.505 e. The molecule has 0 aliphatic carbocycles. The van der Waals surface area contributed by atoms with E-state index in [9.17, 15) is 34.9 Å². The zero-order valence-electron chi connectivity index (χ0n) is 38.2. The molecule has 384 valence electrons. The van der Waals surface area contributed by atoms with Crippen molar-refractivity contribution in [1.29, 1.82) is 0 Å². The molecule has 0 amide bonds. The van der Waals surface area contributed by atoms with Crippen LogP contribution in [0.4, 0.5) is 51.2 Å². The maximum absolute atomic E-state index is 12.5. The van der Waals surface area contributed by atoms with Gasteiger partial charge in [-0.2, -0.15) is 28.9 Å². The second-order valence-corrected chi connectivity index (χ2v) is 20.9. The van der Waals surface area contributed by atoms with Crippen molar-refractivity contribution in [2.45, 2.75) is 40.4 Å². The number of phenolic OH excluding ortho intramolecular Hbond substituents is 1. The third-order valence-electron chi connectivity index (χ3n) is 9.82. The van der Waals surface area contributed by atoms with Gasteiger partial charge in [0.15, 0.2) is 27.9 Å². The van der Waals surface area contributed by atoms with E-state index in [-0.39, 0.29) is 67.1 Å². The standard InChI is InChI=1S/C23H27N5O2S.C19H19N5O13S4/c1-4-28(5-2)20-12-15-23(22(24)16-20)26-25-18-8-10-19(11-9-18)27-31(29,30)21-13-6-17(3)7-14-21;1-21-23-13-9-15(41(30,31)32)12-8-14(38-36-34-26)18(19(25)16(12)17(13)20)24-22-10-2-4-11(5-3-10)40(28,29)7-6-33-39-37-35-27/h6-16,27H,4-5,24H2,1-3H3;2-5,8-9,25-27H,6-7,20H2,1H3,(H,30,31,32). The van der Waals surface area contributed by atoms with Crippen LogP contribution >= 0.6 is 24.4 Å². The highest BCUT2D eigenvalue weighted by atomic mass is 32.2. The van der Waals surface area contributed by atoms with Crippen LogP contribution in [-0.4, -0.2) is 77.9 Å². The molecule has 30 heteroatoms. The maximum atomic E-state index is 12.5. The minimum atomic E-state index is -4.87. The highest BCUT2D eigenvalue weighted by Crippen LogP contribution is 2.49. The van der Waals surface area contributed by atoms with Crippen LogP contribution in [-0.2, 0) is 52.9 Å². The second kappa shape index (κ2) is 25.8. The Morgan fingerprint density at radius 1 is 0.722 bits per heavy atom. The number of phenols is 1. The van der Waals surface area contributed by atoms with E-state index in [4.69, 9.17) is 26.2 Å². The van der Waals surface area contributed by atoms with Crippen LogP contribution in [0.25, 0.3) is 10.8 Å². The van der Waals surface area contributed by atoms with Crippen LogP contribution in [0, 0.1) is 6.92 Å². The van der Waals surface area contributed by atoms with Gasteiger partial charge in [0, 0.05) is 36.9 Å². The fourth-order valence-corrected chi connectivity index (χ4v) is 9.99. The summed E-state index contributed by atoms with van der Waals surface area (Å²) in [6.45, 7) is 7.61. The molecule has 0 saturated heterocycles. The van der Waals surface area contributed by atoms with E-state index in [0.29, 0.717) is 34.8 Å². The van der Waals surface area contributed by atoms with Gasteiger partial charge in [-0.05, 0) is 112 Å². The maximum Gasteiger partial charge on any atom is 0.295 e. The zero-order valence-corrected chi connectivity index (χ0v) is 42.3. The number of aryl methyl sites for hydroxylation is 1. The predicted molar refractivity (Wildman–Crippen MR) is 269 cm³/mol. The summed E-state index contributed by atoms with van der Waals surface area (Å²) in [7, 11) is -11.0. The number of anilines is 4. The Bertz CT molecular complexity index is 3260. The molecule has 0 heterocycles. The number of sulfonamides is 1. The highest BCUT2D eigenvalue weighted by Gasteiger charge is 2.26. The number of nitrogen functional groups attached to an aromatic ring is 2. The minimum Gasteiger partial charge on any atom is -0.505 e. The zero-order chi connectivity index (χ0) is 52.6. The van der Waals surface area contributed by atoms with E-state index >= 15 is 0 Å². The Kier molecular flexibility index (Phi) is 20.3. The van der Waals surface area contributed by atoms with Crippen LogP contribution in [0.2, 0.25) is 0 Å². The van der Waals surface area contributed by atoms with Crippen molar-refractivity contribution in [2.24, 2.45) is 30.7 Å². The SMILES string of the molecule is CCN(CC)c1ccc(N=Nc2ccc(NS(=O)(=O)c3ccc(C)cc3)cc2)c(N)c1.CN=Nc1cc(S(=O)(=O)O)c2cc(SOOO)c(N=Nc3ccc(S(=O)(=O)CCOSOOO)cc3)c(O)c2c1N. The molecule has 0 spiro atoms. The molecular weight excluding hydrogens is 1040 g/mol. The fourth-order valence-electron chi connectivity index (χ4n) is 6.34. The van der Waals surface area contributed by atoms with Gasteiger partial charge >= 0.3 is 0 Å². The summed E-state index contributed by atoms with van der Waals surface area (Å²) in [6, 6.07) is 26.2. The quantitative estimate of drug-likeness (QED) is 0.00631. The van der Waals surface area contributed by atoms with Crippen molar-refractivity contribution in [3.05, 3.63) is 109 Å². The van der Waals surface area contributed by atoms with Crippen molar-refractivity contribution in [3.8, 4) is 5.75 Å². The number of aromatic hydroxyl groups is 1. The Labute approximate surface area is 421 Å². The summed E-state index contributed by atoms with van der Waals surface area (Å²) in [5.41, 5.74) is 15.8. The van der Waals surface area contributed by atoms with Gasteiger partial charge < -0.3 is 21.5 Å². The number of hydrogen-bond acceptors (Lipinski definition) is 25. The van der Waals surface area contributed by atoms with Gasteiger partial charge in [0.25, 0.3) is 20.1 Å². The normalized spacial score (nSPS) is 12.2. The predicted octanol–water partition coefficient (Wildman–Crippen LogP) is 10.3. The van der Waals surface area contributed by atoms with Crippen LogP contribution in [0.15, 0.2) is 153 Å². The van der Waals surface area contributed by atoms with Crippen molar-refractivity contribution in [3.63, 3.8) is 0 Å². The molecule has 6 rings (SSSR count). The number of nitrogens with one attached hydrogen (secondary N) is 1. The molecule has 0 saturated carbocycles. The number of fused-ring (bicyclic) bond motifs is 1. The summed E-state index contributed by atoms with van der Waals surface area (Å²) < 4.78 is 99.5. The average Bonchev–Trinajstić information content (AvgIpc) is 3.34. The molecule has 9 N–H and O–H groups in total. The first-order valence-electron chi connectivity index (χ1n) is 20.6. The van der Waals surface area contributed by atoms with E-state index in [1.807, 2.05) is 25.1 Å². The number of hydrogen-bond donors (Lipinski definition) is 7. The Morgan fingerprint density at radius 3 is 1.92 bits per heavy atom. The lowest BCUT2D eigenvalue weighted by molar-refractivity contribution is -0.434. The van der Waals surface area contributed by atoms with Crippen molar-refractivity contribution >= 4 is 116 Å². The molecule has 0 atom stereocenters. The van der Waals surface area contributed by atoms with Gasteiger partial charge in [0.2, 0.25) is 0 Å². The van der Waals surface area contributed by atoms with Gasteiger partial charge in [0.05, 0.1) is 67.2 Å². The van der Waals surface area contributed by atoms with Crippen molar-refractivity contribution in [2.75, 3.05) is 53.6 Å². The topological polar surface area (TPSA) is 371 Å². The molecule has 6 aromatic rings. The van der Waals surface area contributed by atoms with Crippen LogP contribution < -0.4 is 21.1 Å². The molecule has 0 aliphatic rings. The minimum absolute atomic E-state index is 0.0780. The Morgan fingerprint density at radius 2 is 1.33 bits per heavy atom. The molecule has 6 aromatic carbocycles. The Balaban J connectivity index is 0.000000278. The van der Waals surface area contributed by atoms with Gasteiger partial charge in [-0.3, -0.25) is 13.5 Å². The monoisotopic (exact) mass is 1090 g/mol. The lowest BCUT2D eigenvalue weighted by Crippen LogP contribution is -2.21. The Hall–Kier alpha value is -6.39. The van der Waals surface area contributed by atoms with Gasteiger partial charge in [-0.1, -0.05) is 27.8 Å². The lowest BCUT2D eigenvalue weighted by atomic mass is 10.0. The molecule has 0 radical (unpaired) electrons. The lowest BCUT2D eigenvalue weighted by Gasteiger charge is -2.21. The van der Waals surface area contributed by atoms with Gasteiger partial charge in [0.1, 0.15) is 22.0 Å². The molecule has 0 aliphatic heterocycles. The summed E-state index contributed by atoms with van der Waals surface area (Å²) >= 11 is 0.533. The molecular formula is C42H46N10O15S5. The first-order valence-corrected chi connectivity index (χ1v) is 26.6. The van der Waals surface area contributed by atoms with E-state index in [2.05, 4.69) is 72.9 Å². The highest BCUT2D eigenvalue weighted by molar-refractivity contribution is 7.94. The summed E-state index contributed by atoms with van der Waals surface area (Å²) in [5, 5.41) is 57.7. The number of benzene rings is 6. The number of rotatable bonds is 22. The first-order chi connectivity index (χ1) is 34.3. The third kappa shape index (κ3) is 15.1. The third-order valence-corrected chi connectivity index (χ3v) is 14.8. The molecule has 0 bridgehead atoms. The molecule has 0 fully saturated rings. The number of nitrogens with two attached hydrogens (primary N) is 2. The number of sulfone groups is 1. The summed E-state index contributed by atoms with van der Waals surface area (Å²) in [6.07, 6.45) is 0. The molecule has 0 aromatic heterocycles. The smallest absolute Gasteiger partial charge is 0.295 e. The van der Waals surface area contributed by atoms with Crippen LogP contribution in [0.1, 0.15) is 19.4 Å². The number of nitrogens with zero attached hydrogens (tertiary/aromatic N) is 7. The van der Waals surface area contributed by atoms with Crippen LogP contribution in [0.3, 0.4) is 0 Å². The van der Waals surface area contributed by atoms with Crippen LogP contribution in [0.5, 0.6) is 5.75 Å². The van der Waals surface area contributed by atoms with Gasteiger partial charge in [-0.15, -0.1) is 18.9 Å². The van der Waals surface area contributed by atoms with Crippen molar-refractivity contribution in [1.82, 2.24) is 0 Å². The second-order valence-electron chi connectivity index (χ2n) is 14.4. The first kappa shape index (κ1) is 56.5. The van der Waals surface area contributed by atoms with E-state index < -0.39 is 46.4 Å². The summed E-state index contributed by atoms with van der Waals surface area (Å²) in [4.78, 5) is 1.52. The summed E-state index contributed by atoms with van der Waals surface area (Å²) in [5.74, 6) is -1.14. The fraction of sp³-hybridized carbons (Fsp3) is 0.190. The van der Waals surface area contributed by atoms with E-state index in [0.717, 1.165) is 36.5 Å². The van der Waals surface area contributed by atoms with Crippen molar-refractivity contribution < 1.29 is 68.4 Å². The van der Waals surface area contributed by atoms with E-state index in [1.54, 1.807) is 48.5 Å². The van der Waals surface area contributed by atoms with Gasteiger partial charge in [-0.25, -0.2) is 27.4 Å². The van der Waals surface area contributed by atoms with E-state index in [1.165, 1.54) is 31.3 Å². The number of azo groups is 3. The molecule has 0 unspecified atom stereocenters.